The molecule has 2 fully saturated rings. The molecule has 2 N–H and O–H groups in total. The second kappa shape index (κ2) is 7.87. The minimum Gasteiger partial charge on any atom is -0.394 e. The summed E-state index contributed by atoms with van der Waals surface area (Å²) in [6.07, 6.45) is 8.34. The number of hydrogen-bond acceptors (Lipinski definition) is 4. The van der Waals surface area contributed by atoms with Gasteiger partial charge < -0.3 is 15.2 Å². The number of thioether (sulfide) groups is 1. The van der Waals surface area contributed by atoms with Gasteiger partial charge in [-0.25, -0.2) is 0 Å². The molecule has 2 rings (SSSR count). The first-order valence-corrected chi connectivity index (χ1v) is 8.91. The molecular weight excluding hydrogens is 258 g/mol. The molecule has 0 spiro atoms. The molecule has 0 radical (unpaired) electrons. The fourth-order valence-electron chi connectivity index (χ4n) is 2.75. The lowest BCUT2D eigenvalue weighted by Gasteiger charge is -2.32. The Balaban J connectivity index is 1.63. The van der Waals surface area contributed by atoms with Crippen LogP contribution >= 0.6 is 11.8 Å². The van der Waals surface area contributed by atoms with Crippen molar-refractivity contribution < 1.29 is 9.84 Å². The van der Waals surface area contributed by atoms with Crippen molar-refractivity contribution in [2.75, 3.05) is 25.6 Å². The predicted molar refractivity (Wildman–Crippen MR) is 81.8 cm³/mol. The normalized spacial score (nSPS) is 24.3. The molecule has 4 heteroatoms. The van der Waals surface area contributed by atoms with E-state index in [-0.39, 0.29) is 12.1 Å². The van der Waals surface area contributed by atoms with Gasteiger partial charge in [0.1, 0.15) is 0 Å². The monoisotopic (exact) mass is 287 g/mol. The van der Waals surface area contributed by atoms with Crippen molar-refractivity contribution in [1.29, 1.82) is 0 Å². The Morgan fingerprint density at radius 1 is 1.26 bits per heavy atom. The number of nitrogens with one attached hydrogen (secondary N) is 1. The summed E-state index contributed by atoms with van der Waals surface area (Å²) >= 11 is 2.10. The van der Waals surface area contributed by atoms with E-state index in [0.717, 1.165) is 31.3 Å². The molecule has 0 aromatic heterocycles. The van der Waals surface area contributed by atoms with Gasteiger partial charge in [0.2, 0.25) is 0 Å². The van der Waals surface area contributed by atoms with E-state index in [4.69, 9.17) is 4.74 Å². The smallest absolute Gasteiger partial charge is 0.0613 e. The summed E-state index contributed by atoms with van der Waals surface area (Å²) in [7, 11) is 0. The van der Waals surface area contributed by atoms with Gasteiger partial charge in [-0.3, -0.25) is 0 Å². The van der Waals surface area contributed by atoms with Crippen LogP contribution in [0.3, 0.4) is 0 Å². The zero-order valence-corrected chi connectivity index (χ0v) is 13.0. The summed E-state index contributed by atoms with van der Waals surface area (Å²) in [5.41, 5.74) is -0.0165. The van der Waals surface area contributed by atoms with Crippen LogP contribution in [0.5, 0.6) is 0 Å². The quantitative estimate of drug-likeness (QED) is 0.640. The average Bonchev–Trinajstić information content (AvgIpc) is 3.27. The van der Waals surface area contributed by atoms with Crippen LogP contribution in [0, 0.1) is 0 Å². The molecule has 1 aliphatic carbocycles. The first kappa shape index (κ1) is 15.6. The largest absolute Gasteiger partial charge is 0.394 e. The standard InChI is InChI=1S/C15H29NO2S/c1-2-15(12-17,16-13-4-5-13)8-3-11-19-14-6-9-18-10-7-14/h13-14,16-17H,2-12H2,1H3. The summed E-state index contributed by atoms with van der Waals surface area (Å²) in [5, 5.41) is 14.2. The Hall–Kier alpha value is 0.230. The lowest BCUT2D eigenvalue weighted by atomic mass is 9.91. The predicted octanol–water partition coefficient (Wildman–Crippen LogP) is 2.57. The Kier molecular flexibility index (Phi) is 6.46. The van der Waals surface area contributed by atoms with Gasteiger partial charge in [0.15, 0.2) is 0 Å². The molecule has 2 aliphatic rings. The highest BCUT2D eigenvalue weighted by molar-refractivity contribution is 7.99. The molecule has 0 amide bonds. The van der Waals surface area contributed by atoms with Gasteiger partial charge in [-0.15, -0.1) is 0 Å². The topological polar surface area (TPSA) is 41.5 Å². The first-order valence-electron chi connectivity index (χ1n) is 7.86. The van der Waals surface area contributed by atoms with E-state index in [1.165, 1.54) is 37.9 Å². The number of hydrogen-bond donors (Lipinski definition) is 2. The van der Waals surface area contributed by atoms with Crippen molar-refractivity contribution in [3.63, 3.8) is 0 Å². The highest BCUT2D eigenvalue weighted by Crippen LogP contribution is 2.28. The Morgan fingerprint density at radius 2 is 2.00 bits per heavy atom. The van der Waals surface area contributed by atoms with Crippen LogP contribution in [0.15, 0.2) is 0 Å². The molecule has 112 valence electrons. The van der Waals surface area contributed by atoms with Crippen LogP contribution < -0.4 is 5.32 Å². The highest BCUT2D eigenvalue weighted by Gasteiger charge is 2.33. The Morgan fingerprint density at radius 3 is 2.58 bits per heavy atom. The Bertz CT molecular complexity index is 249. The van der Waals surface area contributed by atoms with E-state index >= 15 is 0 Å². The van der Waals surface area contributed by atoms with Crippen LogP contribution in [0.2, 0.25) is 0 Å². The molecule has 0 bridgehead atoms. The van der Waals surface area contributed by atoms with Crippen molar-refractivity contribution in [3.8, 4) is 0 Å². The van der Waals surface area contributed by atoms with Crippen LogP contribution in [-0.2, 0) is 4.74 Å². The van der Waals surface area contributed by atoms with Crippen molar-refractivity contribution in [2.45, 2.75) is 68.7 Å². The summed E-state index contributed by atoms with van der Waals surface area (Å²) in [4.78, 5) is 0. The van der Waals surface area contributed by atoms with Gasteiger partial charge in [-0.2, -0.15) is 11.8 Å². The fraction of sp³-hybridized carbons (Fsp3) is 1.00. The van der Waals surface area contributed by atoms with Crippen LogP contribution in [0.25, 0.3) is 0 Å². The van der Waals surface area contributed by atoms with Crippen molar-refractivity contribution in [1.82, 2.24) is 5.32 Å². The fourth-order valence-corrected chi connectivity index (χ4v) is 3.92. The maximum Gasteiger partial charge on any atom is 0.0613 e. The molecule has 1 unspecified atom stereocenters. The minimum atomic E-state index is -0.0165. The zero-order chi connectivity index (χ0) is 13.6. The molecule has 1 aliphatic heterocycles. The van der Waals surface area contributed by atoms with E-state index in [9.17, 15) is 5.11 Å². The Labute approximate surface area is 121 Å². The molecule has 3 nitrogen and oxygen atoms in total. The van der Waals surface area contributed by atoms with Gasteiger partial charge in [0.05, 0.1) is 6.61 Å². The van der Waals surface area contributed by atoms with Gasteiger partial charge >= 0.3 is 0 Å². The number of aliphatic hydroxyl groups is 1. The summed E-state index contributed by atoms with van der Waals surface area (Å²) < 4.78 is 5.39. The molecule has 0 aromatic carbocycles. The van der Waals surface area contributed by atoms with E-state index in [1.54, 1.807) is 0 Å². The van der Waals surface area contributed by atoms with E-state index in [2.05, 4.69) is 24.0 Å². The van der Waals surface area contributed by atoms with E-state index in [1.807, 2.05) is 0 Å². The molecule has 0 aromatic rings. The van der Waals surface area contributed by atoms with Crippen LogP contribution in [-0.4, -0.2) is 47.5 Å². The van der Waals surface area contributed by atoms with Gasteiger partial charge in [-0.05, 0) is 50.7 Å². The SMILES string of the molecule is CCC(CO)(CCCSC1CCOCC1)NC1CC1. The van der Waals surface area contributed by atoms with Gasteiger partial charge in [0, 0.05) is 30.0 Å². The maximum atomic E-state index is 9.72. The van der Waals surface area contributed by atoms with E-state index < -0.39 is 0 Å². The van der Waals surface area contributed by atoms with Crippen LogP contribution in [0.1, 0.15) is 51.9 Å². The lowest BCUT2D eigenvalue weighted by Crippen LogP contribution is -2.49. The third kappa shape index (κ3) is 5.25. The van der Waals surface area contributed by atoms with Crippen molar-refractivity contribution in [3.05, 3.63) is 0 Å². The third-order valence-electron chi connectivity index (χ3n) is 4.39. The minimum absolute atomic E-state index is 0.0165. The van der Waals surface area contributed by atoms with Crippen LogP contribution in [0.4, 0.5) is 0 Å². The maximum absolute atomic E-state index is 9.72. The average molecular weight is 287 g/mol. The summed E-state index contributed by atoms with van der Waals surface area (Å²) in [6.45, 7) is 4.35. The number of ether oxygens (including phenoxy) is 1. The highest BCUT2D eigenvalue weighted by atomic mass is 32.2. The first-order chi connectivity index (χ1) is 9.28. The lowest BCUT2D eigenvalue weighted by molar-refractivity contribution is 0.1000. The molecule has 1 heterocycles. The van der Waals surface area contributed by atoms with E-state index in [0.29, 0.717) is 6.04 Å². The van der Waals surface area contributed by atoms with Crippen molar-refractivity contribution in [2.24, 2.45) is 0 Å². The molecule has 19 heavy (non-hydrogen) atoms. The summed E-state index contributed by atoms with van der Waals surface area (Å²) in [5.74, 6) is 1.22. The molecule has 1 saturated carbocycles. The number of aliphatic hydroxyl groups excluding tert-OH is 1. The molecule has 1 saturated heterocycles. The third-order valence-corrected chi connectivity index (χ3v) is 5.86. The second-order valence-electron chi connectivity index (χ2n) is 6.00. The number of rotatable bonds is 9. The zero-order valence-electron chi connectivity index (χ0n) is 12.2. The summed E-state index contributed by atoms with van der Waals surface area (Å²) in [6, 6.07) is 0.676. The van der Waals surface area contributed by atoms with Gasteiger partial charge in [0.25, 0.3) is 0 Å². The van der Waals surface area contributed by atoms with Gasteiger partial charge in [-0.1, -0.05) is 6.92 Å². The second-order valence-corrected chi connectivity index (χ2v) is 7.40. The van der Waals surface area contributed by atoms with Crippen molar-refractivity contribution >= 4 is 11.8 Å². The molecular formula is C15H29NO2S. The molecule has 1 atom stereocenters.